The second-order valence-corrected chi connectivity index (χ2v) is 3.74. The second-order valence-electron chi connectivity index (χ2n) is 3.74. The Hall–Kier alpha value is -2.77. The molecule has 0 saturated carbocycles. The second kappa shape index (κ2) is 6.24. The first-order valence-electron chi connectivity index (χ1n) is 5.26. The number of non-ortho nitro benzene ring substituents is 1. The predicted octanol–water partition coefficient (Wildman–Crippen LogP) is 0.576. The van der Waals surface area contributed by atoms with Gasteiger partial charge in [0.15, 0.2) is 0 Å². The Morgan fingerprint density at radius 3 is 2.42 bits per heavy atom. The Morgan fingerprint density at radius 1 is 1.37 bits per heavy atom. The summed E-state index contributed by atoms with van der Waals surface area (Å²) in [5.41, 5.74) is 7.66. The van der Waals surface area contributed by atoms with Crippen molar-refractivity contribution in [3.05, 3.63) is 39.9 Å². The number of hydrogen-bond donors (Lipinski definition) is 2. The highest BCUT2D eigenvalue weighted by Gasteiger charge is 2.09. The average molecular weight is 264 g/mol. The molecule has 0 heterocycles. The summed E-state index contributed by atoms with van der Waals surface area (Å²) in [5, 5.41) is 14.1. The fraction of sp³-hybridized carbons (Fsp3) is 0.182. The largest absolute Gasteiger partial charge is 0.369 e. The number of primary amides is 1. The molecule has 1 aromatic rings. The van der Waals surface area contributed by atoms with Crippen molar-refractivity contribution in [3.8, 4) is 0 Å². The molecule has 0 spiro atoms. The molecule has 0 bridgehead atoms. The summed E-state index contributed by atoms with van der Waals surface area (Å²) >= 11 is 0. The number of rotatable bonds is 5. The minimum absolute atomic E-state index is 0.0550. The molecule has 19 heavy (non-hydrogen) atoms. The molecule has 1 aromatic carbocycles. The lowest BCUT2D eigenvalue weighted by atomic mass is 10.2. The number of amides is 2. The molecule has 0 unspecified atom stereocenters. The fourth-order valence-electron chi connectivity index (χ4n) is 1.24. The number of nitrogens with one attached hydrogen (secondary N) is 1. The van der Waals surface area contributed by atoms with Crippen LogP contribution in [0.2, 0.25) is 0 Å². The number of benzene rings is 1. The maximum Gasteiger partial charge on any atom is 0.271 e. The SMILES string of the molecule is C/C(CC(N)=O)=N/NC(=O)c1ccc([N+](=O)[O-])cc1. The Bertz CT molecular complexity index is 536. The van der Waals surface area contributed by atoms with Gasteiger partial charge in [-0.2, -0.15) is 5.10 Å². The first-order valence-corrected chi connectivity index (χ1v) is 5.26. The summed E-state index contributed by atoms with van der Waals surface area (Å²) in [6.07, 6.45) is -0.0550. The molecule has 0 aliphatic heterocycles. The van der Waals surface area contributed by atoms with Crippen LogP contribution < -0.4 is 11.2 Å². The van der Waals surface area contributed by atoms with Crippen molar-refractivity contribution in [3.63, 3.8) is 0 Å². The van der Waals surface area contributed by atoms with Gasteiger partial charge in [0.05, 0.1) is 11.3 Å². The summed E-state index contributed by atoms with van der Waals surface area (Å²) in [6.45, 7) is 1.54. The van der Waals surface area contributed by atoms with Crippen molar-refractivity contribution in [1.29, 1.82) is 0 Å². The van der Waals surface area contributed by atoms with E-state index >= 15 is 0 Å². The van der Waals surface area contributed by atoms with E-state index < -0.39 is 16.7 Å². The van der Waals surface area contributed by atoms with E-state index in [1.54, 1.807) is 6.92 Å². The quantitative estimate of drug-likeness (QED) is 0.457. The summed E-state index contributed by atoms with van der Waals surface area (Å²) in [5.74, 6) is -1.08. The molecular weight excluding hydrogens is 252 g/mol. The number of carbonyl (C=O) groups is 2. The number of hydrogen-bond acceptors (Lipinski definition) is 5. The predicted molar refractivity (Wildman–Crippen MR) is 67.5 cm³/mol. The minimum atomic E-state index is -0.559. The van der Waals surface area contributed by atoms with Gasteiger partial charge < -0.3 is 5.73 Å². The molecule has 0 atom stereocenters. The zero-order valence-corrected chi connectivity index (χ0v) is 10.1. The lowest BCUT2D eigenvalue weighted by molar-refractivity contribution is -0.384. The van der Waals surface area contributed by atoms with Crippen molar-refractivity contribution >= 4 is 23.2 Å². The Kier molecular flexibility index (Phi) is 4.69. The highest BCUT2D eigenvalue weighted by molar-refractivity contribution is 6.00. The van der Waals surface area contributed by atoms with Crippen molar-refractivity contribution in [2.45, 2.75) is 13.3 Å². The zero-order valence-electron chi connectivity index (χ0n) is 10.1. The Balaban J connectivity index is 2.68. The fourth-order valence-corrected chi connectivity index (χ4v) is 1.24. The first kappa shape index (κ1) is 14.3. The molecule has 2 amide bonds. The third-order valence-electron chi connectivity index (χ3n) is 2.12. The van der Waals surface area contributed by atoms with E-state index in [2.05, 4.69) is 10.5 Å². The summed E-state index contributed by atoms with van der Waals surface area (Å²) in [4.78, 5) is 32.1. The third-order valence-corrected chi connectivity index (χ3v) is 2.12. The van der Waals surface area contributed by atoms with Crippen LogP contribution in [0.4, 0.5) is 5.69 Å². The van der Waals surface area contributed by atoms with Gasteiger partial charge in [-0.15, -0.1) is 0 Å². The maximum atomic E-state index is 11.6. The van der Waals surface area contributed by atoms with Gasteiger partial charge in [-0.05, 0) is 19.1 Å². The molecule has 0 aliphatic carbocycles. The molecule has 100 valence electrons. The van der Waals surface area contributed by atoms with Crippen LogP contribution in [0.15, 0.2) is 29.4 Å². The van der Waals surface area contributed by atoms with Gasteiger partial charge in [0.1, 0.15) is 0 Å². The van der Waals surface area contributed by atoms with Crippen LogP contribution in [-0.2, 0) is 4.79 Å². The first-order chi connectivity index (χ1) is 8.90. The van der Waals surface area contributed by atoms with Crippen molar-refractivity contribution in [2.75, 3.05) is 0 Å². The Labute approximate surface area is 108 Å². The smallest absolute Gasteiger partial charge is 0.271 e. The molecule has 0 fully saturated rings. The number of nitro groups is 1. The maximum absolute atomic E-state index is 11.6. The van der Waals surface area contributed by atoms with Gasteiger partial charge in [-0.1, -0.05) is 0 Å². The van der Waals surface area contributed by atoms with Crippen molar-refractivity contribution in [2.24, 2.45) is 10.8 Å². The normalized spacial score (nSPS) is 10.9. The molecule has 8 heteroatoms. The molecule has 3 N–H and O–H groups in total. The molecule has 0 saturated heterocycles. The average Bonchev–Trinajstić information content (AvgIpc) is 2.35. The lowest BCUT2D eigenvalue weighted by Crippen LogP contribution is -2.21. The summed E-state index contributed by atoms with van der Waals surface area (Å²) < 4.78 is 0. The van der Waals surface area contributed by atoms with Crippen LogP contribution in [0.25, 0.3) is 0 Å². The monoisotopic (exact) mass is 264 g/mol. The number of nitro benzene ring substituents is 1. The molecule has 8 nitrogen and oxygen atoms in total. The highest BCUT2D eigenvalue weighted by Crippen LogP contribution is 2.11. The number of hydrazone groups is 1. The van der Waals surface area contributed by atoms with Crippen LogP contribution >= 0.6 is 0 Å². The van der Waals surface area contributed by atoms with Gasteiger partial charge in [0, 0.05) is 23.4 Å². The number of carbonyl (C=O) groups excluding carboxylic acids is 2. The van der Waals surface area contributed by atoms with E-state index in [4.69, 9.17) is 5.73 Å². The standard InChI is InChI=1S/C11H12N4O4/c1-7(6-10(12)16)13-14-11(17)8-2-4-9(5-3-8)15(18)19/h2-5H,6H2,1H3,(H2,12,16)(H,14,17)/b13-7-. The molecule has 0 aliphatic rings. The van der Waals surface area contributed by atoms with E-state index in [1.165, 1.54) is 24.3 Å². The number of nitrogens with zero attached hydrogens (tertiary/aromatic N) is 2. The van der Waals surface area contributed by atoms with E-state index in [0.717, 1.165) is 0 Å². The molecule has 0 radical (unpaired) electrons. The van der Waals surface area contributed by atoms with Crippen molar-refractivity contribution in [1.82, 2.24) is 5.43 Å². The van der Waals surface area contributed by atoms with E-state index in [9.17, 15) is 19.7 Å². The van der Waals surface area contributed by atoms with Gasteiger partial charge >= 0.3 is 0 Å². The summed E-state index contributed by atoms with van der Waals surface area (Å²) in [7, 11) is 0. The highest BCUT2D eigenvalue weighted by atomic mass is 16.6. The molecule has 0 aromatic heterocycles. The Morgan fingerprint density at radius 2 is 1.95 bits per heavy atom. The van der Waals surface area contributed by atoms with Gasteiger partial charge in [-0.25, -0.2) is 5.43 Å². The van der Waals surface area contributed by atoms with Crippen LogP contribution in [0.1, 0.15) is 23.7 Å². The number of nitrogens with two attached hydrogens (primary N) is 1. The minimum Gasteiger partial charge on any atom is -0.369 e. The van der Waals surface area contributed by atoms with Crippen LogP contribution in [-0.4, -0.2) is 22.4 Å². The van der Waals surface area contributed by atoms with E-state index in [1.807, 2.05) is 0 Å². The van der Waals surface area contributed by atoms with E-state index in [-0.39, 0.29) is 17.7 Å². The lowest BCUT2D eigenvalue weighted by Gasteiger charge is -2.01. The van der Waals surface area contributed by atoms with E-state index in [0.29, 0.717) is 5.71 Å². The van der Waals surface area contributed by atoms with Gasteiger partial charge in [0.2, 0.25) is 5.91 Å². The topological polar surface area (TPSA) is 128 Å². The van der Waals surface area contributed by atoms with Crippen LogP contribution in [0.5, 0.6) is 0 Å². The third kappa shape index (κ3) is 4.54. The zero-order chi connectivity index (χ0) is 14.4. The van der Waals surface area contributed by atoms with Gasteiger partial charge in [0.25, 0.3) is 11.6 Å². The molecular formula is C11H12N4O4. The summed E-state index contributed by atoms with van der Waals surface area (Å²) in [6, 6.07) is 5.06. The van der Waals surface area contributed by atoms with Crippen LogP contribution in [0, 0.1) is 10.1 Å². The van der Waals surface area contributed by atoms with Crippen molar-refractivity contribution < 1.29 is 14.5 Å². The van der Waals surface area contributed by atoms with Gasteiger partial charge in [-0.3, -0.25) is 19.7 Å². The molecule has 1 rings (SSSR count). The van der Waals surface area contributed by atoms with Crippen LogP contribution in [0.3, 0.4) is 0 Å².